The second-order valence-corrected chi connectivity index (χ2v) is 8.44. The SMILES string of the molecule is COCCCCC[C@H]1CCc2cc([C@H]3CC[C@@](N)(CO)C3)ccc2C1. The predicted molar refractivity (Wildman–Crippen MR) is 103 cm³/mol. The number of aryl methyl sites for hydroxylation is 1. The van der Waals surface area contributed by atoms with Gasteiger partial charge in [-0.25, -0.2) is 0 Å². The van der Waals surface area contributed by atoms with Gasteiger partial charge in [0, 0.05) is 19.3 Å². The van der Waals surface area contributed by atoms with E-state index in [1.165, 1.54) is 50.5 Å². The molecule has 2 aliphatic carbocycles. The number of methoxy groups -OCH3 is 1. The highest BCUT2D eigenvalue weighted by Crippen LogP contribution is 2.40. The van der Waals surface area contributed by atoms with Gasteiger partial charge in [0.05, 0.1) is 6.61 Å². The summed E-state index contributed by atoms with van der Waals surface area (Å²) in [6, 6.07) is 7.14. The molecule has 3 rings (SSSR count). The number of rotatable bonds is 8. The zero-order valence-electron chi connectivity index (χ0n) is 15.8. The van der Waals surface area contributed by atoms with Crippen LogP contribution in [-0.2, 0) is 17.6 Å². The van der Waals surface area contributed by atoms with Gasteiger partial charge in [-0.1, -0.05) is 37.5 Å². The van der Waals surface area contributed by atoms with E-state index in [0.29, 0.717) is 5.92 Å². The maximum absolute atomic E-state index is 9.50. The highest BCUT2D eigenvalue weighted by atomic mass is 16.5. The molecule has 3 nitrogen and oxygen atoms in total. The van der Waals surface area contributed by atoms with Gasteiger partial charge in [0.25, 0.3) is 0 Å². The number of aliphatic hydroxyl groups is 1. The Morgan fingerprint density at radius 1 is 1.20 bits per heavy atom. The average molecular weight is 346 g/mol. The third kappa shape index (κ3) is 4.84. The van der Waals surface area contributed by atoms with Crippen LogP contribution in [0.1, 0.15) is 74.0 Å². The Kier molecular flexibility index (Phi) is 6.54. The molecule has 1 aromatic carbocycles. The lowest BCUT2D eigenvalue weighted by atomic mass is 9.79. The summed E-state index contributed by atoms with van der Waals surface area (Å²) in [7, 11) is 1.79. The largest absolute Gasteiger partial charge is 0.394 e. The van der Waals surface area contributed by atoms with E-state index in [-0.39, 0.29) is 12.1 Å². The quantitative estimate of drug-likeness (QED) is 0.701. The molecule has 140 valence electrons. The normalized spacial score (nSPS) is 28.9. The van der Waals surface area contributed by atoms with Gasteiger partial charge in [-0.2, -0.15) is 0 Å². The zero-order chi connectivity index (χ0) is 17.7. The van der Waals surface area contributed by atoms with Gasteiger partial charge in [-0.3, -0.25) is 0 Å². The van der Waals surface area contributed by atoms with Gasteiger partial charge in [0.2, 0.25) is 0 Å². The Morgan fingerprint density at radius 3 is 2.84 bits per heavy atom. The van der Waals surface area contributed by atoms with Gasteiger partial charge in [-0.15, -0.1) is 0 Å². The van der Waals surface area contributed by atoms with Crippen molar-refractivity contribution < 1.29 is 9.84 Å². The molecule has 1 fully saturated rings. The van der Waals surface area contributed by atoms with Crippen LogP contribution < -0.4 is 5.73 Å². The first-order valence-corrected chi connectivity index (χ1v) is 10.1. The first-order chi connectivity index (χ1) is 12.1. The molecular formula is C22H35NO2. The number of ether oxygens (including phenoxy) is 1. The highest BCUT2D eigenvalue weighted by Gasteiger charge is 2.36. The first kappa shape index (κ1) is 18.9. The van der Waals surface area contributed by atoms with Gasteiger partial charge < -0.3 is 15.6 Å². The topological polar surface area (TPSA) is 55.5 Å². The molecule has 0 saturated heterocycles. The molecule has 0 bridgehead atoms. The molecule has 2 aliphatic rings. The summed E-state index contributed by atoms with van der Waals surface area (Å²) in [5.41, 5.74) is 10.5. The third-order valence-electron chi connectivity index (χ3n) is 6.45. The summed E-state index contributed by atoms with van der Waals surface area (Å²) in [6.07, 6.45) is 12.0. The van der Waals surface area contributed by atoms with Gasteiger partial charge in [-0.05, 0) is 73.5 Å². The molecule has 25 heavy (non-hydrogen) atoms. The number of aliphatic hydroxyl groups excluding tert-OH is 1. The van der Waals surface area contributed by atoms with Crippen LogP contribution in [0.4, 0.5) is 0 Å². The number of hydrogen-bond acceptors (Lipinski definition) is 3. The zero-order valence-corrected chi connectivity index (χ0v) is 15.8. The summed E-state index contributed by atoms with van der Waals surface area (Å²) >= 11 is 0. The summed E-state index contributed by atoms with van der Waals surface area (Å²) in [5, 5.41) is 9.50. The van der Waals surface area contributed by atoms with E-state index < -0.39 is 0 Å². The maximum atomic E-state index is 9.50. The van der Waals surface area contributed by atoms with E-state index in [4.69, 9.17) is 10.5 Å². The van der Waals surface area contributed by atoms with Crippen molar-refractivity contribution in [3.63, 3.8) is 0 Å². The standard InChI is InChI=1S/C22H35NO2/c1-25-12-4-2-3-5-17-6-7-19-14-20(9-8-18(19)13-17)21-10-11-22(23,15-21)16-24/h8-9,14,17,21,24H,2-7,10-13,15-16,23H2,1H3/t17-,21-,22-/m0/s1. The van der Waals surface area contributed by atoms with E-state index in [0.717, 1.165) is 31.8 Å². The number of nitrogens with two attached hydrogens (primary N) is 1. The van der Waals surface area contributed by atoms with Gasteiger partial charge in [0.1, 0.15) is 0 Å². The second kappa shape index (κ2) is 8.66. The molecule has 1 saturated carbocycles. The molecule has 0 amide bonds. The van der Waals surface area contributed by atoms with E-state index in [2.05, 4.69) is 18.2 Å². The number of benzene rings is 1. The van der Waals surface area contributed by atoms with Crippen LogP contribution in [0.3, 0.4) is 0 Å². The van der Waals surface area contributed by atoms with Crippen LogP contribution >= 0.6 is 0 Å². The highest BCUT2D eigenvalue weighted by molar-refractivity contribution is 5.36. The third-order valence-corrected chi connectivity index (χ3v) is 6.45. The molecule has 0 spiro atoms. The fourth-order valence-corrected chi connectivity index (χ4v) is 4.79. The molecule has 1 aromatic rings. The Hall–Kier alpha value is -0.900. The fraction of sp³-hybridized carbons (Fsp3) is 0.727. The van der Waals surface area contributed by atoms with E-state index >= 15 is 0 Å². The fourth-order valence-electron chi connectivity index (χ4n) is 4.79. The Bertz CT molecular complexity index is 559. The molecule has 0 aromatic heterocycles. The Morgan fingerprint density at radius 2 is 2.08 bits per heavy atom. The van der Waals surface area contributed by atoms with Crippen LogP contribution in [0.2, 0.25) is 0 Å². The molecule has 3 atom stereocenters. The first-order valence-electron chi connectivity index (χ1n) is 10.1. The Labute approximate surface area is 153 Å². The minimum absolute atomic E-state index is 0.112. The molecule has 3 N–H and O–H groups in total. The molecular weight excluding hydrogens is 310 g/mol. The van der Waals surface area contributed by atoms with Crippen LogP contribution in [-0.4, -0.2) is 31.0 Å². The van der Waals surface area contributed by atoms with Crippen molar-refractivity contribution in [2.75, 3.05) is 20.3 Å². The van der Waals surface area contributed by atoms with Crippen LogP contribution in [0.15, 0.2) is 18.2 Å². The van der Waals surface area contributed by atoms with Crippen molar-refractivity contribution in [2.24, 2.45) is 11.7 Å². The molecule has 0 aliphatic heterocycles. The van der Waals surface area contributed by atoms with E-state index in [1.807, 2.05) is 0 Å². The summed E-state index contributed by atoms with van der Waals surface area (Å²) < 4.78 is 5.13. The van der Waals surface area contributed by atoms with Gasteiger partial charge >= 0.3 is 0 Å². The monoisotopic (exact) mass is 345 g/mol. The van der Waals surface area contributed by atoms with Crippen LogP contribution in [0.5, 0.6) is 0 Å². The lowest BCUT2D eigenvalue weighted by molar-refractivity contribution is 0.191. The predicted octanol–water partition coefficient (Wildman–Crippen LogP) is 3.96. The summed E-state index contributed by atoms with van der Waals surface area (Å²) in [6.45, 7) is 1.01. The number of hydrogen-bond donors (Lipinski definition) is 2. The molecule has 0 heterocycles. The minimum Gasteiger partial charge on any atom is -0.394 e. The van der Waals surface area contributed by atoms with E-state index in [9.17, 15) is 5.11 Å². The minimum atomic E-state index is -0.353. The summed E-state index contributed by atoms with van der Waals surface area (Å²) in [4.78, 5) is 0. The van der Waals surface area contributed by atoms with Crippen molar-refractivity contribution in [1.82, 2.24) is 0 Å². The van der Waals surface area contributed by atoms with Crippen LogP contribution in [0, 0.1) is 5.92 Å². The van der Waals surface area contributed by atoms with Crippen molar-refractivity contribution in [3.8, 4) is 0 Å². The molecule has 0 radical (unpaired) electrons. The Balaban J connectivity index is 1.53. The van der Waals surface area contributed by atoms with Crippen molar-refractivity contribution in [1.29, 1.82) is 0 Å². The maximum Gasteiger partial charge on any atom is 0.0611 e. The summed E-state index contributed by atoms with van der Waals surface area (Å²) in [5.74, 6) is 1.39. The van der Waals surface area contributed by atoms with Gasteiger partial charge in [0.15, 0.2) is 0 Å². The van der Waals surface area contributed by atoms with E-state index in [1.54, 1.807) is 18.2 Å². The lowest BCUT2D eigenvalue weighted by Gasteiger charge is -2.26. The number of fused-ring (bicyclic) bond motifs is 1. The van der Waals surface area contributed by atoms with Crippen molar-refractivity contribution in [3.05, 3.63) is 34.9 Å². The van der Waals surface area contributed by atoms with Crippen LogP contribution in [0.25, 0.3) is 0 Å². The molecule has 3 heteroatoms. The lowest BCUT2D eigenvalue weighted by Crippen LogP contribution is -2.40. The van der Waals surface area contributed by atoms with Crippen molar-refractivity contribution in [2.45, 2.75) is 75.7 Å². The average Bonchev–Trinajstić information content (AvgIpc) is 3.04. The second-order valence-electron chi connectivity index (χ2n) is 8.44. The number of unbranched alkanes of at least 4 members (excludes halogenated alkanes) is 2. The molecule has 0 unspecified atom stereocenters. The van der Waals surface area contributed by atoms with Crippen molar-refractivity contribution >= 4 is 0 Å². The smallest absolute Gasteiger partial charge is 0.0611 e.